The van der Waals surface area contributed by atoms with Gasteiger partial charge in [-0.25, -0.2) is 18.0 Å². The smallest absolute Gasteiger partial charge is 0.338 e. The van der Waals surface area contributed by atoms with Crippen molar-refractivity contribution in [3.8, 4) is 0 Å². The zero-order chi connectivity index (χ0) is 20.2. The number of carbonyl (C=O) groups is 2. The highest BCUT2D eigenvalue weighted by Gasteiger charge is 2.22. The summed E-state index contributed by atoms with van der Waals surface area (Å²) >= 11 is 0. The largest absolute Gasteiger partial charge is 0.462 e. The van der Waals surface area contributed by atoms with Crippen molar-refractivity contribution in [3.05, 3.63) is 41.2 Å². The molecule has 0 saturated heterocycles. The lowest BCUT2D eigenvalue weighted by atomic mass is 10.1. The summed E-state index contributed by atoms with van der Waals surface area (Å²) < 4.78 is 38.9. The van der Waals surface area contributed by atoms with Gasteiger partial charge in [-0.2, -0.15) is 5.10 Å². The van der Waals surface area contributed by atoms with Gasteiger partial charge in [-0.1, -0.05) is 0 Å². The highest BCUT2D eigenvalue weighted by atomic mass is 32.2. The molecule has 146 valence electrons. The van der Waals surface area contributed by atoms with E-state index in [0.29, 0.717) is 5.69 Å². The van der Waals surface area contributed by atoms with Crippen LogP contribution < -0.4 is 4.72 Å². The fraction of sp³-hybridized carbons (Fsp3) is 0.353. The lowest BCUT2D eigenvalue weighted by Gasteiger charge is -2.11. The molecule has 1 N–H and O–H groups in total. The molecule has 0 amide bonds. The van der Waals surface area contributed by atoms with E-state index < -0.39 is 22.0 Å². The van der Waals surface area contributed by atoms with Gasteiger partial charge >= 0.3 is 11.9 Å². The van der Waals surface area contributed by atoms with Crippen LogP contribution in [0.4, 0.5) is 5.69 Å². The molecule has 10 heteroatoms. The van der Waals surface area contributed by atoms with Crippen molar-refractivity contribution in [2.45, 2.75) is 25.7 Å². The van der Waals surface area contributed by atoms with Crippen LogP contribution in [0.5, 0.6) is 0 Å². The Morgan fingerprint density at radius 1 is 1.07 bits per heavy atom. The number of hydrogen-bond donors (Lipinski definition) is 1. The van der Waals surface area contributed by atoms with Crippen molar-refractivity contribution in [2.24, 2.45) is 7.05 Å². The second kappa shape index (κ2) is 8.21. The highest BCUT2D eigenvalue weighted by molar-refractivity contribution is 7.92. The van der Waals surface area contributed by atoms with Crippen molar-refractivity contribution >= 4 is 27.6 Å². The number of ether oxygens (including phenoxy) is 2. The van der Waals surface area contributed by atoms with E-state index in [1.807, 2.05) is 0 Å². The maximum atomic E-state index is 12.7. The van der Waals surface area contributed by atoms with E-state index in [2.05, 4.69) is 9.82 Å². The van der Waals surface area contributed by atoms with E-state index in [0.717, 1.165) is 0 Å². The summed E-state index contributed by atoms with van der Waals surface area (Å²) in [4.78, 5) is 24.1. The summed E-state index contributed by atoms with van der Waals surface area (Å²) in [6, 6.07) is 3.89. The Labute approximate surface area is 157 Å². The fourth-order valence-corrected chi connectivity index (χ4v) is 3.66. The number of benzene rings is 1. The van der Waals surface area contributed by atoms with Crippen LogP contribution in [-0.4, -0.2) is 43.4 Å². The van der Waals surface area contributed by atoms with Crippen LogP contribution in [0.2, 0.25) is 0 Å². The first kappa shape index (κ1) is 20.4. The van der Waals surface area contributed by atoms with Crippen molar-refractivity contribution in [1.29, 1.82) is 0 Å². The normalized spacial score (nSPS) is 11.1. The number of anilines is 1. The second-order valence-corrected chi connectivity index (χ2v) is 7.25. The van der Waals surface area contributed by atoms with Crippen LogP contribution >= 0.6 is 0 Å². The average Bonchev–Trinajstić information content (AvgIpc) is 2.94. The lowest BCUT2D eigenvalue weighted by Crippen LogP contribution is -2.16. The van der Waals surface area contributed by atoms with Gasteiger partial charge in [0.2, 0.25) is 0 Å². The van der Waals surface area contributed by atoms with Gasteiger partial charge in [0.1, 0.15) is 4.90 Å². The molecule has 0 saturated carbocycles. The molecule has 0 spiro atoms. The van der Waals surface area contributed by atoms with Gasteiger partial charge in [0, 0.05) is 13.2 Å². The molecule has 2 aromatic rings. The van der Waals surface area contributed by atoms with E-state index in [1.165, 1.54) is 29.1 Å². The van der Waals surface area contributed by atoms with E-state index in [1.54, 1.807) is 27.8 Å². The standard InChI is InChI=1S/C17H21N3O6S/c1-5-25-16(21)12-7-13(17(22)26-6-2)9-14(8-12)19-27(23,24)15-10-20(4)18-11(15)3/h7-10,19H,5-6H2,1-4H3. The molecule has 0 unspecified atom stereocenters. The van der Waals surface area contributed by atoms with E-state index >= 15 is 0 Å². The molecule has 0 aliphatic rings. The molecule has 0 radical (unpaired) electrons. The first-order chi connectivity index (χ1) is 12.7. The molecule has 0 aliphatic heterocycles. The number of carbonyl (C=O) groups excluding carboxylic acids is 2. The molecular weight excluding hydrogens is 374 g/mol. The summed E-state index contributed by atoms with van der Waals surface area (Å²) in [5.41, 5.74) is 0.412. The van der Waals surface area contributed by atoms with Crippen molar-refractivity contribution < 1.29 is 27.5 Å². The van der Waals surface area contributed by atoms with E-state index in [-0.39, 0.29) is 34.9 Å². The Bertz CT molecular complexity index is 929. The summed E-state index contributed by atoms with van der Waals surface area (Å²) in [7, 11) is -2.37. The zero-order valence-electron chi connectivity index (χ0n) is 15.5. The summed E-state index contributed by atoms with van der Waals surface area (Å²) in [6.07, 6.45) is 1.36. The number of aryl methyl sites for hydroxylation is 2. The summed E-state index contributed by atoms with van der Waals surface area (Å²) in [5, 5.41) is 4.01. The van der Waals surface area contributed by atoms with Crippen LogP contribution in [0.3, 0.4) is 0 Å². The maximum absolute atomic E-state index is 12.7. The van der Waals surface area contributed by atoms with Gasteiger partial charge < -0.3 is 9.47 Å². The van der Waals surface area contributed by atoms with Crippen LogP contribution in [0.15, 0.2) is 29.3 Å². The fourth-order valence-electron chi connectivity index (χ4n) is 2.40. The third kappa shape index (κ3) is 4.85. The van der Waals surface area contributed by atoms with E-state index in [4.69, 9.17) is 9.47 Å². The Morgan fingerprint density at radius 3 is 2.00 bits per heavy atom. The number of sulfonamides is 1. The van der Waals surface area contributed by atoms with Crippen molar-refractivity contribution in [3.63, 3.8) is 0 Å². The Balaban J connectivity index is 2.46. The monoisotopic (exact) mass is 395 g/mol. The molecule has 9 nitrogen and oxygen atoms in total. The predicted molar refractivity (Wildman–Crippen MR) is 97.1 cm³/mol. The molecule has 27 heavy (non-hydrogen) atoms. The first-order valence-electron chi connectivity index (χ1n) is 8.20. The van der Waals surface area contributed by atoms with Crippen LogP contribution in [0.1, 0.15) is 40.3 Å². The molecule has 0 fully saturated rings. The summed E-state index contributed by atoms with van der Waals surface area (Å²) in [5.74, 6) is -1.36. The number of nitrogens with one attached hydrogen (secondary N) is 1. The first-order valence-corrected chi connectivity index (χ1v) is 9.68. The predicted octanol–water partition coefficient (Wildman–Crippen LogP) is 1.88. The average molecular weight is 395 g/mol. The number of esters is 2. The molecule has 0 atom stereocenters. The Kier molecular flexibility index (Phi) is 6.21. The quantitative estimate of drug-likeness (QED) is 0.711. The van der Waals surface area contributed by atoms with Gasteiger partial charge in [-0.3, -0.25) is 9.40 Å². The SMILES string of the molecule is CCOC(=O)c1cc(NS(=O)(=O)c2cn(C)nc2C)cc(C(=O)OCC)c1. The third-order valence-electron chi connectivity index (χ3n) is 3.47. The molecule has 0 aliphatic carbocycles. The molecule has 1 aromatic carbocycles. The van der Waals surface area contributed by atoms with Crippen molar-refractivity contribution in [1.82, 2.24) is 9.78 Å². The second-order valence-electron chi connectivity index (χ2n) is 5.60. The van der Waals surface area contributed by atoms with E-state index in [9.17, 15) is 18.0 Å². The molecule has 0 bridgehead atoms. The Morgan fingerprint density at radius 2 is 1.59 bits per heavy atom. The lowest BCUT2D eigenvalue weighted by molar-refractivity contribution is 0.0525. The molecule has 1 aromatic heterocycles. The van der Waals surface area contributed by atoms with Gasteiger partial charge in [0.15, 0.2) is 0 Å². The highest BCUT2D eigenvalue weighted by Crippen LogP contribution is 2.22. The van der Waals surface area contributed by atoms with Gasteiger partial charge in [0.25, 0.3) is 10.0 Å². The number of nitrogens with zero attached hydrogens (tertiary/aromatic N) is 2. The number of aromatic nitrogens is 2. The van der Waals surface area contributed by atoms with Crippen molar-refractivity contribution in [2.75, 3.05) is 17.9 Å². The topological polar surface area (TPSA) is 117 Å². The zero-order valence-corrected chi connectivity index (χ0v) is 16.3. The minimum absolute atomic E-state index is 0.00998. The van der Waals surface area contributed by atoms with Crippen LogP contribution in [-0.2, 0) is 26.5 Å². The Hall–Kier alpha value is -2.88. The maximum Gasteiger partial charge on any atom is 0.338 e. The van der Waals surface area contributed by atoms with Crippen LogP contribution in [0, 0.1) is 6.92 Å². The number of hydrogen-bond acceptors (Lipinski definition) is 7. The number of rotatable bonds is 7. The van der Waals surface area contributed by atoms with Gasteiger partial charge in [-0.05, 0) is 39.0 Å². The minimum Gasteiger partial charge on any atom is -0.462 e. The van der Waals surface area contributed by atoms with Crippen LogP contribution in [0.25, 0.3) is 0 Å². The molecule has 1 heterocycles. The molecule has 2 rings (SSSR count). The summed E-state index contributed by atoms with van der Waals surface area (Å²) in [6.45, 7) is 5.12. The third-order valence-corrected chi connectivity index (χ3v) is 4.95. The minimum atomic E-state index is -3.97. The van der Waals surface area contributed by atoms with Gasteiger partial charge in [-0.15, -0.1) is 0 Å². The molecular formula is C17H21N3O6S. The van der Waals surface area contributed by atoms with Gasteiger partial charge in [0.05, 0.1) is 35.7 Å².